The van der Waals surface area contributed by atoms with Gasteiger partial charge in [0.2, 0.25) is 11.8 Å². The van der Waals surface area contributed by atoms with E-state index in [1.54, 1.807) is 24.3 Å². The topological polar surface area (TPSA) is 96.0 Å². The number of hydrogen-bond acceptors (Lipinski definition) is 5. The summed E-state index contributed by atoms with van der Waals surface area (Å²) in [7, 11) is -2.78. The number of nitrogens with one attached hydrogen (secondary N) is 1. The molecule has 0 aliphatic carbocycles. The Morgan fingerprint density at radius 1 is 0.913 bits per heavy atom. The Hall–Kier alpha value is -3.86. The van der Waals surface area contributed by atoms with Crippen LogP contribution in [0, 0.1) is 0 Å². The summed E-state index contributed by atoms with van der Waals surface area (Å²) in [6.07, 6.45) is 1.91. The smallest absolute Gasteiger partial charge is 0.264 e. The Kier molecular flexibility index (Phi) is 12.7. The number of unbranched alkanes of at least 4 members (excludes halogenated alkanes) is 1. The molecule has 2 amide bonds. The lowest BCUT2D eigenvalue weighted by molar-refractivity contribution is -0.140. The molecule has 8 nitrogen and oxygen atoms in total. The molecule has 1 atom stereocenters. The molecule has 4 rings (SSSR count). The standard InChI is InChI=1S/C35H37BrClN3O5S/c1-3-4-20-38-35(42)32(22-26-12-7-5-8-13-26)39(24-27-14-11-15-28(36)21-27)34(41)25-40(29-18-19-33(45-2)31(37)23-29)46(43,44)30-16-9-6-10-17-30/h5-19,21,23,32H,3-4,20,22,24-25H2,1-2H3,(H,38,42)/t32-/m0/s1. The number of hydrogen-bond donors (Lipinski definition) is 1. The minimum atomic E-state index is -4.24. The maximum Gasteiger partial charge on any atom is 0.264 e. The van der Waals surface area contributed by atoms with Gasteiger partial charge in [0.05, 0.1) is 22.7 Å². The summed E-state index contributed by atoms with van der Waals surface area (Å²) < 4.78 is 35.4. The molecule has 4 aromatic rings. The second-order valence-corrected chi connectivity index (χ2v) is 13.8. The van der Waals surface area contributed by atoms with Crippen molar-refractivity contribution in [1.29, 1.82) is 0 Å². The van der Waals surface area contributed by atoms with E-state index in [0.717, 1.165) is 32.7 Å². The molecular weight excluding hydrogens is 690 g/mol. The normalized spacial score (nSPS) is 11.8. The average molecular weight is 727 g/mol. The van der Waals surface area contributed by atoms with Crippen LogP contribution < -0.4 is 14.4 Å². The van der Waals surface area contributed by atoms with Gasteiger partial charge < -0.3 is 15.0 Å². The van der Waals surface area contributed by atoms with Gasteiger partial charge in [0.15, 0.2) is 0 Å². The molecule has 0 heterocycles. The third-order valence-corrected chi connectivity index (χ3v) is 9.95. The van der Waals surface area contributed by atoms with Crippen LogP contribution in [0.25, 0.3) is 0 Å². The summed E-state index contributed by atoms with van der Waals surface area (Å²) in [5.41, 5.74) is 1.81. The molecule has 4 aromatic carbocycles. The highest BCUT2D eigenvalue weighted by Crippen LogP contribution is 2.32. The van der Waals surface area contributed by atoms with E-state index in [4.69, 9.17) is 16.3 Å². The van der Waals surface area contributed by atoms with Crippen molar-refractivity contribution in [3.63, 3.8) is 0 Å². The first-order valence-corrected chi connectivity index (χ1v) is 17.5. The summed E-state index contributed by atoms with van der Waals surface area (Å²) >= 11 is 9.93. The number of amides is 2. The molecule has 0 spiro atoms. The van der Waals surface area contributed by atoms with Crippen LogP contribution in [-0.2, 0) is 32.6 Å². The highest BCUT2D eigenvalue weighted by Gasteiger charge is 2.34. The molecule has 0 unspecified atom stereocenters. The van der Waals surface area contributed by atoms with Crippen LogP contribution in [0.2, 0.25) is 5.02 Å². The number of rotatable bonds is 15. The van der Waals surface area contributed by atoms with Crippen LogP contribution >= 0.6 is 27.5 Å². The lowest BCUT2D eigenvalue weighted by Crippen LogP contribution is -2.53. The van der Waals surface area contributed by atoms with Crippen LogP contribution in [0.1, 0.15) is 30.9 Å². The van der Waals surface area contributed by atoms with Crippen molar-refractivity contribution >= 4 is 55.1 Å². The number of carbonyl (C=O) groups is 2. The Morgan fingerprint density at radius 2 is 1.59 bits per heavy atom. The highest BCUT2D eigenvalue weighted by atomic mass is 79.9. The van der Waals surface area contributed by atoms with E-state index < -0.39 is 28.5 Å². The first kappa shape index (κ1) is 35.0. The van der Waals surface area contributed by atoms with Gasteiger partial charge in [0.25, 0.3) is 10.0 Å². The van der Waals surface area contributed by atoms with Crippen molar-refractivity contribution in [3.05, 3.63) is 124 Å². The van der Waals surface area contributed by atoms with Crippen molar-refractivity contribution in [2.45, 2.75) is 43.7 Å². The summed E-state index contributed by atoms with van der Waals surface area (Å²) in [6, 6.07) is 28.4. The second-order valence-electron chi connectivity index (χ2n) is 10.6. The number of methoxy groups -OCH3 is 1. The van der Waals surface area contributed by atoms with Crippen LogP contribution in [0.4, 0.5) is 5.69 Å². The minimum Gasteiger partial charge on any atom is -0.495 e. The Morgan fingerprint density at radius 3 is 2.22 bits per heavy atom. The lowest BCUT2D eigenvalue weighted by atomic mass is 10.0. The van der Waals surface area contributed by atoms with Gasteiger partial charge in [0, 0.05) is 24.0 Å². The van der Waals surface area contributed by atoms with Gasteiger partial charge >= 0.3 is 0 Å². The number of anilines is 1. The van der Waals surface area contributed by atoms with Gasteiger partial charge in [-0.3, -0.25) is 13.9 Å². The van der Waals surface area contributed by atoms with Crippen LogP contribution in [0.15, 0.2) is 112 Å². The molecule has 46 heavy (non-hydrogen) atoms. The van der Waals surface area contributed by atoms with E-state index >= 15 is 0 Å². The fraction of sp³-hybridized carbons (Fsp3) is 0.257. The van der Waals surface area contributed by atoms with E-state index in [1.165, 1.54) is 36.3 Å². The zero-order valence-corrected chi connectivity index (χ0v) is 28.9. The number of sulfonamides is 1. The number of benzene rings is 4. The van der Waals surface area contributed by atoms with E-state index in [-0.39, 0.29) is 34.5 Å². The lowest BCUT2D eigenvalue weighted by Gasteiger charge is -2.34. The van der Waals surface area contributed by atoms with Gasteiger partial charge in [-0.15, -0.1) is 0 Å². The molecular formula is C35H37BrClN3O5S. The number of carbonyl (C=O) groups excluding carboxylic acids is 2. The fourth-order valence-corrected chi connectivity index (χ4v) is 7.08. The molecule has 242 valence electrons. The van der Waals surface area contributed by atoms with Crippen LogP contribution in [0.5, 0.6) is 5.75 Å². The number of halogens is 2. The van der Waals surface area contributed by atoms with Crippen molar-refractivity contribution < 1.29 is 22.7 Å². The zero-order valence-electron chi connectivity index (χ0n) is 25.7. The first-order valence-electron chi connectivity index (χ1n) is 14.9. The molecule has 0 aliphatic heterocycles. The van der Waals surface area contributed by atoms with Crippen molar-refractivity contribution in [2.75, 3.05) is 24.5 Å². The third-order valence-electron chi connectivity index (χ3n) is 7.38. The second kappa shape index (κ2) is 16.6. The quantitative estimate of drug-likeness (QED) is 0.135. The molecule has 0 fully saturated rings. The maximum atomic E-state index is 14.5. The van der Waals surface area contributed by atoms with Crippen molar-refractivity contribution in [3.8, 4) is 5.75 Å². The van der Waals surface area contributed by atoms with Gasteiger partial charge in [-0.05, 0) is 60.0 Å². The molecule has 1 N–H and O–H groups in total. The third kappa shape index (κ3) is 9.11. The summed E-state index contributed by atoms with van der Waals surface area (Å²) in [5.74, 6) is -0.514. The van der Waals surface area contributed by atoms with Crippen molar-refractivity contribution in [1.82, 2.24) is 10.2 Å². The van der Waals surface area contributed by atoms with E-state index in [0.29, 0.717) is 12.3 Å². The predicted octanol–water partition coefficient (Wildman–Crippen LogP) is 6.86. The fourth-order valence-electron chi connectivity index (χ4n) is 4.95. The molecule has 0 aliphatic rings. The van der Waals surface area contributed by atoms with Gasteiger partial charge in [-0.25, -0.2) is 8.42 Å². The number of ether oxygens (including phenoxy) is 1. The highest BCUT2D eigenvalue weighted by molar-refractivity contribution is 9.10. The van der Waals surface area contributed by atoms with E-state index in [9.17, 15) is 18.0 Å². The Labute approximate surface area is 284 Å². The minimum absolute atomic E-state index is 0.00595. The maximum absolute atomic E-state index is 14.5. The first-order chi connectivity index (χ1) is 22.1. The largest absolute Gasteiger partial charge is 0.495 e. The van der Waals surface area contributed by atoms with E-state index in [2.05, 4.69) is 21.2 Å². The predicted molar refractivity (Wildman–Crippen MR) is 186 cm³/mol. The molecule has 0 saturated heterocycles. The number of nitrogens with zero attached hydrogens (tertiary/aromatic N) is 2. The molecule has 0 aromatic heterocycles. The van der Waals surface area contributed by atoms with Gasteiger partial charge in [-0.1, -0.05) is 102 Å². The monoisotopic (exact) mass is 725 g/mol. The van der Waals surface area contributed by atoms with Gasteiger partial charge in [0.1, 0.15) is 18.3 Å². The Bertz CT molecular complexity index is 1720. The van der Waals surface area contributed by atoms with Crippen LogP contribution in [0.3, 0.4) is 0 Å². The van der Waals surface area contributed by atoms with Crippen LogP contribution in [-0.4, -0.2) is 51.4 Å². The summed E-state index contributed by atoms with van der Waals surface area (Å²) in [5, 5.41) is 3.18. The average Bonchev–Trinajstić information content (AvgIpc) is 3.06. The SMILES string of the molecule is CCCCNC(=O)[C@H](Cc1ccccc1)N(Cc1cccc(Br)c1)C(=O)CN(c1ccc(OC)c(Cl)c1)S(=O)(=O)c1ccccc1. The summed E-state index contributed by atoms with van der Waals surface area (Å²) in [6.45, 7) is 1.98. The summed E-state index contributed by atoms with van der Waals surface area (Å²) in [4.78, 5) is 29.8. The molecule has 0 radical (unpaired) electrons. The zero-order chi connectivity index (χ0) is 33.1. The molecule has 0 bridgehead atoms. The molecule has 0 saturated carbocycles. The van der Waals surface area contributed by atoms with Crippen molar-refractivity contribution in [2.24, 2.45) is 0 Å². The van der Waals surface area contributed by atoms with E-state index in [1.807, 2.05) is 61.5 Å². The Balaban J connectivity index is 1.81. The van der Waals surface area contributed by atoms with Gasteiger partial charge in [-0.2, -0.15) is 0 Å². The molecule has 11 heteroatoms.